The first-order valence-corrected chi connectivity index (χ1v) is 6.59. The van der Waals surface area contributed by atoms with E-state index in [1.165, 1.54) is 0 Å². The summed E-state index contributed by atoms with van der Waals surface area (Å²) in [5, 5.41) is 9.88. The molecule has 1 saturated heterocycles. The van der Waals surface area contributed by atoms with Gasteiger partial charge in [0.1, 0.15) is 5.60 Å². The van der Waals surface area contributed by atoms with Crippen LogP contribution in [-0.4, -0.2) is 53.1 Å². The first-order valence-electron chi connectivity index (χ1n) is 6.59. The van der Waals surface area contributed by atoms with E-state index in [0.717, 1.165) is 12.8 Å². The molecule has 0 aromatic heterocycles. The molecule has 1 heterocycles. The van der Waals surface area contributed by atoms with Gasteiger partial charge in [0.15, 0.2) is 0 Å². The van der Waals surface area contributed by atoms with Crippen molar-refractivity contribution in [2.24, 2.45) is 0 Å². The van der Waals surface area contributed by atoms with E-state index in [1.807, 2.05) is 20.8 Å². The highest BCUT2D eigenvalue weighted by atomic mass is 16.6. The number of rotatable bonds is 2. The second-order valence-electron chi connectivity index (χ2n) is 6.35. The summed E-state index contributed by atoms with van der Waals surface area (Å²) in [7, 11) is 0. The third kappa shape index (κ3) is 3.85. The van der Waals surface area contributed by atoms with E-state index in [2.05, 4.69) is 0 Å². The average Bonchev–Trinajstić information content (AvgIpc) is 2.94. The van der Waals surface area contributed by atoms with Crippen LogP contribution < -0.4 is 0 Å². The number of amides is 1. The quantitative estimate of drug-likeness (QED) is 0.815. The standard InChI is InChI=1S/C13H23NO4/c1-12(2,3)18-11(15)14-6-7-17-10(9-14)8-13(16)4-5-13/h10,16H,4-9H2,1-3H3. The molecule has 1 N–H and O–H groups in total. The van der Waals surface area contributed by atoms with Gasteiger partial charge in [0.2, 0.25) is 0 Å². The van der Waals surface area contributed by atoms with Gasteiger partial charge in [-0.25, -0.2) is 4.79 Å². The number of aliphatic hydroxyl groups is 1. The molecular weight excluding hydrogens is 234 g/mol. The van der Waals surface area contributed by atoms with Gasteiger partial charge in [-0.3, -0.25) is 0 Å². The summed E-state index contributed by atoms with van der Waals surface area (Å²) in [6.45, 7) is 7.16. The van der Waals surface area contributed by atoms with Crippen LogP contribution in [0.5, 0.6) is 0 Å². The number of ether oxygens (including phenoxy) is 2. The van der Waals surface area contributed by atoms with Crippen LogP contribution in [0.3, 0.4) is 0 Å². The fraction of sp³-hybridized carbons (Fsp3) is 0.923. The Labute approximate surface area is 108 Å². The number of carbonyl (C=O) groups excluding carboxylic acids is 1. The minimum Gasteiger partial charge on any atom is -0.444 e. The van der Waals surface area contributed by atoms with Crippen LogP contribution in [0.1, 0.15) is 40.0 Å². The molecule has 5 heteroatoms. The summed E-state index contributed by atoms with van der Waals surface area (Å²) in [6, 6.07) is 0. The summed E-state index contributed by atoms with van der Waals surface area (Å²) in [6.07, 6.45) is 1.95. The Morgan fingerprint density at radius 1 is 1.50 bits per heavy atom. The van der Waals surface area contributed by atoms with E-state index in [4.69, 9.17) is 9.47 Å². The molecule has 2 fully saturated rings. The van der Waals surface area contributed by atoms with Crippen LogP contribution in [0.15, 0.2) is 0 Å². The summed E-state index contributed by atoms with van der Waals surface area (Å²) in [5.41, 5.74) is -1.01. The Kier molecular flexibility index (Phi) is 3.56. The minimum absolute atomic E-state index is 0.0706. The molecule has 104 valence electrons. The van der Waals surface area contributed by atoms with Gasteiger partial charge < -0.3 is 19.5 Å². The predicted molar refractivity (Wildman–Crippen MR) is 66.3 cm³/mol. The first-order chi connectivity index (χ1) is 8.27. The molecule has 1 amide bonds. The fourth-order valence-corrected chi connectivity index (χ4v) is 2.11. The van der Waals surface area contributed by atoms with Crippen molar-refractivity contribution < 1.29 is 19.4 Å². The lowest BCUT2D eigenvalue weighted by molar-refractivity contribution is -0.0606. The molecule has 0 radical (unpaired) electrons. The monoisotopic (exact) mass is 257 g/mol. The molecule has 0 aromatic carbocycles. The Balaban J connectivity index is 1.84. The van der Waals surface area contributed by atoms with E-state index >= 15 is 0 Å². The summed E-state index contributed by atoms with van der Waals surface area (Å²) >= 11 is 0. The summed E-state index contributed by atoms with van der Waals surface area (Å²) in [4.78, 5) is 13.6. The van der Waals surface area contributed by atoms with E-state index in [9.17, 15) is 9.90 Å². The zero-order valence-corrected chi connectivity index (χ0v) is 11.4. The highest BCUT2D eigenvalue weighted by Gasteiger charge is 2.43. The van der Waals surface area contributed by atoms with Crippen LogP contribution >= 0.6 is 0 Å². The Hall–Kier alpha value is -0.810. The molecule has 0 aromatic rings. The lowest BCUT2D eigenvalue weighted by Gasteiger charge is -2.35. The van der Waals surface area contributed by atoms with Gasteiger partial charge in [0.25, 0.3) is 0 Å². The molecule has 2 aliphatic rings. The van der Waals surface area contributed by atoms with Gasteiger partial charge in [-0.2, -0.15) is 0 Å². The van der Waals surface area contributed by atoms with Crippen molar-refractivity contribution in [2.45, 2.75) is 57.3 Å². The number of hydrogen-bond acceptors (Lipinski definition) is 4. The topological polar surface area (TPSA) is 59.0 Å². The third-order valence-electron chi connectivity index (χ3n) is 3.23. The average molecular weight is 257 g/mol. The van der Waals surface area contributed by atoms with E-state index in [0.29, 0.717) is 26.1 Å². The molecule has 2 rings (SSSR count). The molecule has 1 aliphatic carbocycles. The van der Waals surface area contributed by atoms with Gasteiger partial charge >= 0.3 is 6.09 Å². The lowest BCUT2D eigenvalue weighted by Crippen LogP contribution is -2.48. The third-order valence-corrected chi connectivity index (χ3v) is 3.23. The van der Waals surface area contributed by atoms with Crippen LogP contribution in [0.4, 0.5) is 4.79 Å². The first kappa shape index (κ1) is 13.6. The molecule has 1 atom stereocenters. The van der Waals surface area contributed by atoms with Crippen molar-refractivity contribution in [3.63, 3.8) is 0 Å². The van der Waals surface area contributed by atoms with Crippen LogP contribution in [0.25, 0.3) is 0 Å². The maximum Gasteiger partial charge on any atom is 0.410 e. The Bertz CT molecular complexity index is 319. The van der Waals surface area contributed by atoms with Gasteiger partial charge in [-0.05, 0) is 33.6 Å². The summed E-state index contributed by atoms with van der Waals surface area (Å²) < 4.78 is 10.9. The second-order valence-corrected chi connectivity index (χ2v) is 6.35. The van der Waals surface area contributed by atoms with Gasteiger partial charge in [0.05, 0.1) is 24.9 Å². The van der Waals surface area contributed by atoms with Gasteiger partial charge in [-0.1, -0.05) is 0 Å². The van der Waals surface area contributed by atoms with Gasteiger partial charge in [-0.15, -0.1) is 0 Å². The van der Waals surface area contributed by atoms with Crippen molar-refractivity contribution in [2.75, 3.05) is 19.7 Å². The molecule has 1 saturated carbocycles. The molecular formula is C13H23NO4. The van der Waals surface area contributed by atoms with E-state index in [-0.39, 0.29) is 12.2 Å². The largest absolute Gasteiger partial charge is 0.444 e. The number of morpholine rings is 1. The van der Waals surface area contributed by atoms with Crippen LogP contribution in [0.2, 0.25) is 0 Å². The molecule has 5 nitrogen and oxygen atoms in total. The van der Waals surface area contributed by atoms with Crippen molar-refractivity contribution >= 4 is 6.09 Å². The SMILES string of the molecule is CC(C)(C)OC(=O)N1CCOC(CC2(O)CC2)C1. The van der Waals surface area contributed by atoms with Gasteiger partial charge in [0, 0.05) is 13.0 Å². The summed E-state index contributed by atoms with van der Waals surface area (Å²) in [5.74, 6) is 0. The Morgan fingerprint density at radius 2 is 2.17 bits per heavy atom. The van der Waals surface area contributed by atoms with Crippen LogP contribution in [0, 0.1) is 0 Å². The normalized spacial score (nSPS) is 26.9. The molecule has 0 bridgehead atoms. The smallest absolute Gasteiger partial charge is 0.410 e. The second kappa shape index (κ2) is 4.70. The zero-order chi connectivity index (χ0) is 13.4. The molecule has 0 spiro atoms. The Morgan fingerprint density at radius 3 is 2.72 bits per heavy atom. The van der Waals surface area contributed by atoms with Crippen molar-refractivity contribution in [3.05, 3.63) is 0 Å². The van der Waals surface area contributed by atoms with Crippen LogP contribution in [-0.2, 0) is 9.47 Å². The maximum atomic E-state index is 11.9. The van der Waals surface area contributed by atoms with Crippen molar-refractivity contribution in [3.8, 4) is 0 Å². The lowest BCUT2D eigenvalue weighted by atomic mass is 10.1. The minimum atomic E-state index is -0.540. The molecule has 1 unspecified atom stereocenters. The molecule has 1 aliphatic heterocycles. The highest BCUT2D eigenvalue weighted by Crippen LogP contribution is 2.40. The predicted octanol–water partition coefficient (Wildman–Crippen LogP) is 1.54. The van der Waals surface area contributed by atoms with Crippen molar-refractivity contribution in [1.29, 1.82) is 0 Å². The van der Waals surface area contributed by atoms with E-state index in [1.54, 1.807) is 4.90 Å². The number of carbonyl (C=O) groups is 1. The molecule has 18 heavy (non-hydrogen) atoms. The highest BCUT2D eigenvalue weighted by molar-refractivity contribution is 5.68. The number of nitrogens with zero attached hydrogens (tertiary/aromatic N) is 1. The van der Waals surface area contributed by atoms with Crippen molar-refractivity contribution in [1.82, 2.24) is 4.90 Å². The van der Waals surface area contributed by atoms with E-state index < -0.39 is 11.2 Å². The maximum absolute atomic E-state index is 11.9. The zero-order valence-electron chi connectivity index (χ0n) is 11.4. The number of hydrogen-bond donors (Lipinski definition) is 1. The fourth-order valence-electron chi connectivity index (χ4n) is 2.11.